The number of carbonyl (C=O) groups is 1. The molecule has 198 valence electrons. The smallest absolute Gasteiger partial charge is 0.243 e. The number of carbonyl (C=O) groups excluding carboxylic acids is 1. The van der Waals surface area contributed by atoms with Crippen LogP contribution in [0.25, 0.3) is 0 Å². The number of nitrogens with zero attached hydrogens (tertiary/aromatic N) is 3. The summed E-state index contributed by atoms with van der Waals surface area (Å²) in [6.45, 7) is 3.29. The van der Waals surface area contributed by atoms with Gasteiger partial charge in [-0.25, -0.2) is 8.42 Å². The van der Waals surface area contributed by atoms with Gasteiger partial charge in [-0.05, 0) is 61.2 Å². The Bertz CT molecular complexity index is 1250. The van der Waals surface area contributed by atoms with Crippen molar-refractivity contribution in [2.24, 2.45) is 0 Å². The van der Waals surface area contributed by atoms with Gasteiger partial charge in [-0.1, -0.05) is 72.4 Å². The Morgan fingerprint density at radius 3 is 2.35 bits per heavy atom. The van der Waals surface area contributed by atoms with Gasteiger partial charge >= 0.3 is 0 Å². The zero-order chi connectivity index (χ0) is 26.3. The maximum Gasteiger partial charge on any atom is 0.243 e. The summed E-state index contributed by atoms with van der Waals surface area (Å²) < 4.78 is 31.4. The van der Waals surface area contributed by atoms with Gasteiger partial charge in [-0.2, -0.15) is 4.31 Å². The van der Waals surface area contributed by atoms with Crippen molar-refractivity contribution in [3.63, 3.8) is 0 Å². The zero-order valence-electron chi connectivity index (χ0n) is 21.4. The van der Waals surface area contributed by atoms with Crippen molar-refractivity contribution in [2.45, 2.75) is 69.5 Å². The third kappa shape index (κ3) is 7.12. The molecule has 0 aliphatic heterocycles. The van der Waals surface area contributed by atoms with E-state index in [9.17, 15) is 13.2 Å². The highest BCUT2D eigenvalue weighted by Crippen LogP contribution is 2.26. The molecule has 1 aliphatic rings. The zero-order valence-corrected chi connectivity index (χ0v) is 23.8. The molecule has 0 unspecified atom stereocenters. The molecular formula is C29H36BrN3O3S. The van der Waals surface area contributed by atoms with Crippen molar-refractivity contribution in [1.82, 2.24) is 13.8 Å². The van der Waals surface area contributed by atoms with Gasteiger partial charge < -0.3 is 9.47 Å². The highest BCUT2D eigenvalue weighted by Gasteiger charge is 2.31. The van der Waals surface area contributed by atoms with E-state index in [-0.39, 0.29) is 23.4 Å². The van der Waals surface area contributed by atoms with Crippen molar-refractivity contribution in [2.75, 3.05) is 13.1 Å². The number of aromatic nitrogens is 1. The number of hydrogen-bond donors (Lipinski definition) is 0. The lowest BCUT2D eigenvalue weighted by atomic mass is 9.94. The van der Waals surface area contributed by atoms with Crippen LogP contribution in [0.1, 0.15) is 56.7 Å². The molecule has 1 heterocycles. The fraction of sp³-hybridized carbons (Fsp3) is 0.414. The second kappa shape index (κ2) is 12.9. The number of rotatable bonds is 11. The fourth-order valence-corrected chi connectivity index (χ4v) is 6.81. The molecule has 0 radical (unpaired) electrons. The largest absolute Gasteiger partial charge is 0.345 e. The van der Waals surface area contributed by atoms with Gasteiger partial charge in [-0.15, -0.1) is 0 Å². The molecule has 8 heteroatoms. The van der Waals surface area contributed by atoms with Crippen LogP contribution < -0.4 is 0 Å². The SMILES string of the molecule is CCCN(CC(=O)N(Cc1cccn1Cc1ccc(Br)cc1)C1CCCCC1)S(=O)(=O)c1ccccc1. The normalized spacial score (nSPS) is 14.7. The van der Waals surface area contributed by atoms with Crippen LogP contribution in [0.4, 0.5) is 0 Å². The van der Waals surface area contributed by atoms with Crippen molar-refractivity contribution < 1.29 is 13.2 Å². The number of hydrogen-bond acceptors (Lipinski definition) is 3. The number of benzene rings is 2. The third-order valence-electron chi connectivity index (χ3n) is 7.02. The first-order chi connectivity index (χ1) is 17.9. The molecule has 1 fully saturated rings. The lowest BCUT2D eigenvalue weighted by Gasteiger charge is -2.36. The number of amides is 1. The molecule has 1 aromatic heterocycles. The summed E-state index contributed by atoms with van der Waals surface area (Å²) in [7, 11) is -3.76. The van der Waals surface area contributed by atoms with E-state index >= 15 is 0 Å². The molecule has 4 rings (SSSR count). The van der Waals surface area contributed by atoms with Crippen molar-refractivity contribution in [3.8, 4) is 0 Å². The van der Waals surface area contributed by atoms with Crippen LogP contribution >= 0.6 is 15.9 Å². The molecule has 6 nitrogen and oxygen atoms in total. The minimum Gasteiger partial charge on any atom is -0.345 e. The Morgan fingerprint density at radius 1 is 0.973 bits per heavy atom. The van der Waals surface area contributed by atoms with Crippen LogP contribution in [0.15, 0.2) is 82.3 Å². The molecule has 0 bridgehead atoms. The van der Waals surface area contributed by atoms with Gasteiger partial charge in [-0.3, -0.25) is 4.79 Å². The molecule has 0 atom stereocenters. The van der Waals surface area contributed by atoms with E-state index in [1.165, 1.54) is 16.3 Å². The minimum atomic E-state index is -3.76. The maximum absolute atomic E-state index is 13.8. The Labute approximate surface area is 229 Å². The summed E-state index contributed by atoms with van der Waals surface area (Å²) in [5.41, 5.74) is 2.23. The molecule has 1 amide bonds. The van der Waals surface area contributed by atoms with E-state index in [2.05, 4.69) is 38.7 Å². The molecule has 1 aliphatic carbocycles. The first kappa shape index (κ1) is 27.6. The van der Waals surface area contributed by atoms with Crippen molar-refractivity contribution in [1.29, 1.82) is 0 Å². The molecule has 0 spiro atoms. The summed E-state index contributed by atoms with van der Waals surface area (Å²) >= 11 is 3.49. The fourth-order valence-electron chi connectivity index (χ4n) is 5.04. The van der Waals surface area contributed by atoms with Gasteiger partial charge in [0.15, 0.2) is 0 Å². The van der Waals surface area contributed by atoms with Crippen LogP contribution in [0.3, 0.4) is 0 Å². The summed E-state index contributed by atoms with van der Waals surface area (Å²) in [4.78, 5) is 16.0. The van der Waals surface area contributed by atoms with Crippen LogP contribution in [0.2, 0.25) is 0 Å². The monoisotopic (exact) mass is 585 g/mol. The average molecular weight is 587 g/mol. The highest BCUT2D eigenvalue weighted by molar-refractivity contribution is 9.10. The lowest BCUT2D eigenvalue weighted by molar-refractivity contribution is -0.135. The van der Waals surface area contributed by atoms with Crippen molar-refractivity contribution in [3.05, 3.63) is 88.7 Å². The second-order valence-corrected chi connectivity index (χ2v) is 12.6. The molecule has 1 saturated carbocycles. The maximum atomic E-state index is 13.8. The van der Waals surface area contributed by atoms with E-state index in [0.29, 0.717) is 26.1 Å². The summed E-state index contributed by atoms with van der Waals surface area (Å²) in [6, 6.07) is 20.9. The van der Waals surface area contributed by atoms with Crippen LogP contribution in [-0.2, 0) is 27.9 Å². The molecule has 3 aromatic rings. The van der Waals surface area contributed by atoms with Gasteiger partial charge in [0.05, 0.1) is 18.0 Å². The predicted molar refractivity (Wildman–Crippen MR) is 151 cm³/mol. The molecule has 0 N–H and O–H groups in total. The van der Waals surface area contributed by atoms with E-state index < -0.39 is 10.0 Å². The van der Waals surface area contributed by atoms with Gasteiger partial charge in [0.25, 0.3) is 0 Å². The van der Waals surface area contributed by atoms with Crippen LogP contribution in [0.5, 0.6) is 0 Å². The number of sulfonamides is 1. The van der Waals surface area contributed by atoms with Gasteiger partial charge in [0.2, 0.25) is 15.9 Å². The van der Waals surface area contributed by atoms with Gasteiger partial charge in [0, 0.05) is 35.5 Å². The topological polar surface area (TPSA) is 62.6 Å². The molecule has 2 aromatic carbocycles. The van der Waals surface area contributed by atoms with E-state index in [1.54, 1.807) is 30.3 Å². The Morgan fingerprint density at radius 2 is 1.68 bits per heavy atom. The van der Waals surface area contributed by atoms with Crippen LogP contribution in [0, 0.1) is 0 Å². The Balaban J connectivity index is 1.56. The lowest BCUT2D eigenvalue weighted by Crippen LogP contribution is -2.47. The standard InChI is InChI=1S/C29H36BrN3O3S/c1-2-19-32(37(35,36)28-13-7-4-8-14-28)23-29(34)33(26-10-5-3-6-11-26)22-27-12-9-20-31(27)21-24-15-17-25(30)18-16-24/h4,7-9,12-18,20,26H,2-3,5-6,10-11,19,21-23H2,1H3. The summed E-state index contributed by atoms with van der Waals surface area (Å²) in [5, 5.41) is 0. The van der Waals surface area contributed by atoms with Gasteiger partial charge in [0.1, 0.15) is 0 Å². The van der Waals surface area contributed by atoms with E-state index in [4.69, 9.17) is 0 Å². The minimum absolute atomic E-state index is 0.125. The second-order valence-electron chi connectivity index (χ2n) is 9.72. The third-order valence-corrected chi connectivity index (χ3v) is 9.41. The van der Waals surface area contributed by atoms with Crippen molar-refractivity contribution >= 4 is 31.9 Å². The van der Waals surface area contributed by atoms with E-state index in [1.807, 2.05) is 36.2 Å². The first-order valence-corrected chi connectivity index (χ1v) is 15.3. The van der Waals surface area contributed by atoms with E-state index in [0.717, 1.165) is 35.8 Å². The summed E-state index contributed by atoms with van der Waals surface area (Å²) in [6.07, 6.45) is 7.97. The number of halogens is 1. The predicted octanol–water partition coefficient (Wildman–Crippen LogP) is 6.06. The van der Waals surface area contributed by atoms with Crippen LogP contribution in [-0.4, -0.2) is 47.2 Å². The first-order valence-electron chi connectivity index (χ1n) is 13.1. The quantitative estimate of drug-likeness (QED) is 0.275. The molecule has 0 saturated heterocycles. The molecule has 37 heavy (non-hydrogen) atoms. The molecular weight excluding hydrogens is 550 g/mol. The highest BCUT2D eigenvalue weighted by atomic mass is 79.9. The average Bonchev–Trinajstić information content (AvgIpc) is 3.35. The summed E-state index contributed by atoms with van der Waals surface area (Å²) in [5.74, 6) is -0.128. The Hall–Kier alpha value is -2.42. The Kier molecular flexibility index (Phi) is 9.62.